The lowest BCUT2D eigenvalue weighted by atomic mass is 10.0. The molecule has 0 N–H and O–H groups in total. The lowest BCUT2D eigenvalue weighted by Crippen LogP contribution is -2.37. The first-order chi connectivity index (χ1) is 10.0. The molecule has 1 heterocycles. The van der Waals surface area contributed by atoms with Crippen molar-refractivity contribution in [3.8, 4) is 0 Å². The van der Waals surface area contributed by atoms with Crippen molar-refractivity contribution >= 4 is 17.2 Å². The van der Waals surface area contributed by atoms with Gasteiger partial charge in [-0.3, -0.25) is 9.69 Å². The van der Waals surface area contributed by atoms with Crippen molar-refractivity contribution in [2.24, 2.45) is 0 Å². The van der Waals surface area contributed by atoms with Crippen molar-refractivity contribution in [2.75, 3.05) is 21.1 Å². The zero-order chi connectivity index (χ0) is 15.4. The monoisotopic (exact) mass is 302 g/mol. The maximum absolute atomic E-state index is 12.6. The van der Waals surface area contributed by atoms with E-state index in [1.807, 2.05) is 51.5 Å². The Morgan fingerprint density at radius 3 is 2.33 bits per heavy atom. The van der Waals surface area contributed by atoms with Crippen molar-refractivity contribution in [1.82, 2.24) is 9.80 Å². The zero-order valence-corrected chi connectivity index (χ0v) is 13.9. The van der Waals surface area contributed by atoms with Crippen LogP contribution in [0.15, 0.2) is 41.8 Å². The highest BCUT2D eigenvalue weighted by Crippen LogP contribution is 2.25. The highest BCUT2D eigenvalue weighted by molar-refractivity contribution is 7.10. The molecule has 1 unspecified atom stereocenters. The average Bonchev–Trinajstić information content (AvgIpc) is 2.85. The van der Waals surface area contributed by atoms with Crippen LogP contribution in [0.2, 0.25) is 0 Å². The summed E-state index contributed by atoms with van der Waals surface area (Å²) < 4.78 is 0. The van der Waals surface area contributed by atoms with Crippen molar-refractivity contribution in [3.05, 3.63) is 57.8 Å². The Hall–Kier alpha value is -1.65. The van der Waals surface area contributed by atoms with E-state index in [1.165, 1.54) is 10.4 Å². The Balaban J connectivity index is 2.27. The molecule has 0 spiro atoms. The molecule has 1 aromatic carbocycles. The van der Waals surface area contributed by atoms with Gasteiger partial charge in [-0.15, -0.1) is 11.3 Å². The molecule has 1 aromatic heterocycles. The largest absolute Gasteiger partial charge is 0.347 e. The van der Waals surface area contributed by atoms with Gasteiger partial charge in [-0.2, -0.15) is 0 Å². The van der Waals surface area contributed by atoms with E-state index >= 15 is 0 Å². The van der Waals surface area contributed by atoms with Gasteiger partial charge >= 0.3 is 0 Å². The first-order valence-corrected chi connectivity index (χ1v) is 7.88. The van der Waals surface area contributed by atoms with E-state index in [0.29, 0.717) is 0 Å². The van der Waals surface area contributed by atoms with Crippen LogP contribution in [0.25, 0.3) is 0 Å². The van der Waals surface area contributed by atoms with E-state index in [-0.39, 0.29) is 11.9 Å². The van der Waals surface area contributed by atoms with E-state index in [4.69, 9.17) is 0 Å². The number of likely N-dealkylation sites (N-methyl/N-ethyl adjacent to an activating group) is 2. The van der Waals surface area contributed by atoms with E-state index in [1.54, 1.807) is 16.2 Å². The third kappa shape index (κ3) is 3.71. The second kappa shape index (κ2) is 6.87. The summed E-state index contributed by atoms with van der Waals surface area (Å²) in [5.74, 6) is 0.109. The van der Waals surface area contributed by atoms with Crippen LogP contribution in [0.3, 0.4) is 0 Å². The molecule has 0 saturated carbocycles. The summed E-state index contributed by atoms with van der Waals surface area (Å²) in [4.78, 5) is 17.7. The second-order valence-corrected chi connectivity index (χ2v) is 6.49. The molecule has 4 heteroatoms. The molecule has 0 aliphatic rings. The SMILES string of the molecule is Cc1ccsc1CN(C)C(C(=O)N(C)C)c1ccccc1. The minimum Gasteiger partial charge on any atom is -0.347 e. The summed E-state index contributed by atoms with van der Waals surface area (Å²) in [5, 5.41) is 2.10. The van der Waals surface area contributed by atoms with Gasteiger partial charge in [-0.05, 0) is 36.5 Å². The summed E-state index contributed by atoms with van der Waals surface area (Å²) in [6.45, 7) is 2.90. The molecule has 3 nitrogen and oxygen atoms in total. The Morgan fingerprint density at radius 1 is 1.14 bits per heavy atom. The zero-order valence-electron chi connectivity index (χ0n) is 13.0. The number of hydrogen-bond acceptors (Lipinski definition) is 3. The number of rotatable bonds is 5. The highest BCUT2D eigenvalue weighted by atomic mass is 32.1. The molecule has 0 radical (unpaired) electrons. The number of carbonyl (C=O) groups excluding carboxylic acids is 1. The van der Waals surface area contributed by atoms with Crippen molar-refractivity contribution < 1.29 is 4.79 Å². The molecule has 0 saturated heterocycles. The van der Waals surface area contributed by atoms with E-state index in [2.05, 4.69) is 23.3 Å². The molecule has 21 heavy (non-hydrogen) atoms. The number of aryl methyl sites for hydroxylation is 1. The predicted octanol–water partition coefficient (Wildman–Crippen LogP) is 3.32. The van der Waals surface area contributed by atoms with Gasteiger partial charge in [-0.25, -0.2) is 0 Å². The Kier molecular flexibility index (Phi) is 5.15. The Labute approximate surface area is 130 Å². The van der Waals surface area contributed by atoms with Crippen LogP contribution < -0.4 is 0 Å². The fraction of sp³-hybridized carbons (Fsp3) is 0.353. The molecule has 0 bridgehead atoms. The second-order valence-electron chi connectivity index (χ2n) is 5.49. The van der Waals surface area contributed by atoms with Gasteiger partial charge in [0.2, 0.25) is 5.91 Å². The number of carbonyl (C=O) groups is 1. The number of benzene rings is 1. The van der Waals surface area contributed by atoms with Gasteiger partial charge in [0.15, 0.2) is 0 Å². The molecule has 0 aliphatic heterocycles. The smallest absolute Gasteiger partial charge is 0.244 e. The molecule has 0 fully saturated rings. The van der Waals surface area contributed by atoms with Crippen molar-refractivity contribution in [2.45, 2.75) is 19.5 Å². The first kappa shape index (κ1) is 15.7. The molecule has 2 aromatic rings. The third-order valence-corrected chi connectivity index (χ3v) is 4.60. The van der Waals surface area contributed by atoms with Crippen LogP contribution in [0.1, 0.15) is 22.0 Å². The van der Waals surface area contributed by atoms with Crippen LogP contribution in [0.5, 0.6) is 0 Å². The van der Waals surface area contributed by atoms with Crippen LogP contribution in [-0.4, -0.2) is 36.9 Å². The number of nitrogens with zero attached hydrogens (tertiary/aromatic N) is 2. The maximum atomic E-state index is 12.6. The van der Waals surface area contributed by atoms with Crippen LogP contribution in [0.4, 0.5) is 0 Å². The normalized spacial score (nSPS) is 12.4. The summed E-state index contributed by atoms with van der Waals surface area (Å²) in [5.41, 5.74) is 2.32. The first-order valence-electron chi connectivity index (χ1n) is 7.00. The summed E-state index contributed by atoms with van der Waals surface area (Å²) in [6, 6.07) is 11.9. The van der Waals surface area contributed by atoms with Crippen molar-refractivity contribution in [3.63, 3.8) is 0 Å². The van der Waals surface area contributed by atoms with Gasteiger partial charge in [0.1, 0.15) is 6.04 Å². The van der Waals surface area contributed by atoms with Gasteiger partial charge in [0, 0.05) is 25.5 Å². The Morgan fingerprint density at radius 2 is 1.81 bits per heavy atom. The Bertz CT molecular complexity index is 592. The number of thiophene rings is 1. The van der Waals surface area contributed by atoms with E-state index in [0.717, 1.165) is 12.1 Å². The summed E-state index contributed by atoms with van der Waals surface area (Å²) in [6.07, 6.45) is 0. The van der Waals surface area contributed by atoms with Gasteiger partial charge in [0.25, 0.3) is 0 Å². The predicted molar refractivity (Wildman–Crippen MR) is 88.4 cm³/mol. The standard InChI is InChI=1S/C17H22N2OS/c1-13-10-11-21-15(13)12-19(4)16(17(20)18(2)3)14-8-6-5-7-9-14/h5-11,16H,12H2,1-4H3. The summed E-state index contributed by atoms with van der Waals surface area (Å²) >= 11 is 1.74. The molecular weight excluding hydrogens is 280 g/mol. The molecule has 112 valence electrons. The van der Waals surface area contributed by atoms with Crippen LogP contribution in [-0.2, 0) is 11.3 Å². The summed E-state index contributed by atoms with van der Waals surface area (Å²) in [7, 11) is 5.63. The van der Waals surface area contributed by atoms with Crippen LogP contribution >= 0.6 is 11.3 Å². The minimum absolute atomic E-state index is 0.109. The quantitative estimate of drug-likeness (QED) is 0.846. The van der Waals surface area contributed by atoms with Crippen molar-refractivity contribution in [1.29, 1.82) is 0 Å². The molecule has 0 aliphatic carbocycles. The van der Waals surface area contributed by atoms with E-state index in [9.17, 15) is 4.79 Å². The lowest BCUT2D eigenvalue weighted by Gasteiger charge is -2.29. The molecule has 1 amide bonds. The molecule has 1 atom stereocenters. The van der Waals surface area contributed by atoms with Gasteiger partial charge < -0.3 is 4.90 Å². The maximum Gasteiger partial charge on any atom is 0.244 e. The molecule has 2 rings (SSSR count). The number of amides is 1. The highest BCUT2D eigenvalue weighted by Gasteiger charge is 2.26. The fourth-order valence-electron chi connectivity index (χ4n) is 2.35. The topological polar surface area (TPSA) is 23.6 Å². The number of hydrogen-bond donors (Lipinski definition) is 0. The minimum atomic E-state index is -0.248. The van der Waals surface area contributed by atoms with Crippen LogP contribution in [0, 0.1) is 6.92 Å². The fourth-order valence-corrected chi connectivity index (χ4v) is 3.32. The molecular formula is C17H22N2OS. The van der Waals surface area contributed by atoms with Gasteiger partial charge in [-0.1, -0.05) is 30.3 Å². The van der Waals surface area contributed by atoms with Gasteiger partial charge in [0.05, 0.1) is 0 Å². The lowest BCUT2D eigenvalue weighted by molar-refractivity contribution is -0.134. The average molecular weight is 302 g/mol. The third-order valence-electron chi connectivity index (χ3n) is 3.59. The van der Waals surface area contributed by atoms with E-state index < -0.39 is 0 Å².